The number of carbonyl (C=O) groups is 1. The SMILES string of the molecule is COc1ccc2c3c([nH]c2c1)C1CC2C(CC(O)CC2C(=O)O)CN1CC3. The number of hydrogen-bond acceptors (Lipinski definition) is 4. The van der Waals surface area contributed by atoms with Crippen molar-refractivity contribution in [3.05, 3.63) is 29.5 Å². The lowest BCUT2D eigenvalue weighted by Crippen LogP contribution is -2.52. The first-order valence-electron chi connectivity index (χ1n) is 9.88. The number of aromatic amines is 1. The number of benzene rings is 1. The molecule has 2 aromatic rings. The van der Waals surface area contributed by atoms with Gasteiger partial charge in [0.05, 0.1) is 25.2 Å². The van der Waals surface area contributed by atoms with Crippen LogP contribution < -0.4 is 4.74 Å². The molecule has 6 nitrogen and oxygen atoms in total. The summed E-state index contributed by atoms with van der Waals surface area (Å²) in [5.74, 6) is 0.0652. The van der Waals surface area contributed by atoms with E-state index in [2.05, 4.69) is 16.0 Å². The third-order valence-electron chi connectivity index (χ3n) is 7.07. The Balaban J connectivity index is 1.52. The Morgan fingerprint density at radius 2 is 2.15 bits per heavy atom. The van der Waals surface area contributed by atoms with Gasteiger partial charge < -0.3 is 19.9 Å². The van der Waals surface area contributed by atoms with Crippen molar-refractivity contribution in [2.75, 3.05) is 20.2 Å². The van der Waals surface area contributed by atoms with Crippen molar-refractivity contribution < 1.29 is 19.7 Å². The van der Waals surface area contributed by atoms with E-state index >= 15 is 0 Å². The smallest absolute Gasteiger partial charge is 0.306 e. The number of aliphatic hydroxyl groups is 1. The maximum Gasteiger partial charge on any atom is 0.306 e. The second-order valence-corrected chi connectivity index (χ2v) is 8.42. The number of rotatable bonds is 2. The van der Waals surface area contributed by atoms with Gasteiger partial charge in [0.2, 0.25) is 0 Å². The highest BCUT2D eigenvalue weighted by atomic mass is 16.5. The van der Waals surface area contributed by atoms with Gasteiger partial charge in [0.25, 0.3) is 0 Å². The molecule has 0 bridgehead atoms. The van der Waals surface area contributed by atoms with Gasteiger partial charge in [-0.15, -0.1) is 0 Å². The number of nitrogens with one attached hydrogen (secondary N) is 1. The van der Waals surface area contributed by atoms with E-state index in [1.807, 2.05) is 12.1 Å². The molecule has 1 saturated heterocycles. The highest BCUT2D eigenvalue weighted by Gasteiger charge is 2.48. The summed E-state index contributed by atoms with van der Waals surface area (Å²) in [4.78, 5) is 17.9. The van der Waals surface area contributed by atoms with Gasteiger partial charge in [0, 0.05) is 35.8 Å². The number of aromatic nitrogens is 1. The number of H-pyrrole nitrogens is 1. The van der Waals surface area contributed by atoms with E-state index < -0.39 is 18.0 Å². The van der Waals surface area contributed by atoms with Crippen molar-refractivity contribution in [2.45, 2.75) is 37.8 Å². The Morgan fingerprint density at radius 1 is 1.30 bits per heavy atom. The third-order valence-corrected chi connectivity index (χ3v) is 7.07. The topological polar surface area (TPSA) is 85.8 Å². The highest BCUT2D eigenvalue weighted by Crippen LogP contribution is 2.49. The van der Waals surface area contributed by atoms with E-state index in [9.17, 15) is 15.0 Å². The van der Waals surface area contributed by atoms with Gasteiger partial charge in [-0.2, -0.15) is 0 Å². The van der Waals surface area contributed by atoms with Crippen LogP contribution in [0.1, 0.15) is 36.6 Å². The number of ether oxygens (including phenoxy) is 1. The van der Waals surface area contributed by atoms with Crippen LogP contribution in [-0.4, -0.2) is 52.4 Å². The van der Waals surface area contributed by atoms with Crippen molar-refractivity contribution >= 4 is 16.9 Å². The van der Waals surface area contributed by atoms with Gasteiger partial charge in [0.1, 0.15) is 5.75 Å². The molecule has 5 rings (SSSR count). The number of aliphatic hydroxyl groups excluding tert-OH is 1. The van der Waals surface area contributed by atoms with Crippen molar-refractivity contribution in [2.24, 2.45) is 17.8 Å². The lowest BCUT2D eigenvalue weighted by atomic mass is 9.65. The molecule has 3 N–H and O–H groups in total. The van der Waals surface area contributed by atoms with Gasteiger partial charge >= 0.3 is 5.97 Å². The molecule has 6 heteroatoms. The Labute approximate surface area is 158 Å². The van der Waals surface area contributed by atoms with E-state index in [1.54, 1.807) is 7.11 Å². The predicted molar refractivity (Wildman–Crippen MR) is 101 cm³/mol. The number of carboxylic acid groups (broad SMARTS) is 1. The minimum Gasteiger partial charge on any atom is -0.497 e. The maximum absolute atomic E-state index is 11.8. The summed E-state index contributed by atoms with van der Waals surface area (Å²) in [6.45, 7) is 1.88. The van der Waals surface area contributed by atoms with Crippen LogP contribution in [0.5, 0.6) is 5.75 Å². The summed E-state index contributed by atoms with van der Waals surface area (Å²) in [5, 5.41) is 21.1. The first-order valence-corrected chi connectivity index (χ1v) is 9.88. The summed E-state index contributed by atoms with van der Waals surface area (Å²) in [6.07, 6.45) is 2.49. The molecule has 1 aliphatic carbocycles. The fraction of sp³-hybridized carbons (Fsp3) is 0.571. The van der Waals surface area contributed by atoms with Crippen LogP contribution in [0, 0.1) is 17.8 Å². The highest BCUT2D eigenvalue weighted by molar-refractivity contribution is 5.86. The van der Waals surface area contributed by atoms with E-state index in [4.69, 9.17) is 4.74 Å². The zero-order chi connectivity index (χ0) is 18.7. The number of aliphatic carboxylic acids is 1. The summed E-state index contributed by atoms with van der Waals surface area (Å²) in [5.41, 5.74) is 3.71. The molecule has 2 aliphatic heterocycles. The Morgan fingerprint density at radius 3 is 2.93 bits per heavy atom. The second-order valence-electron chi connectivity index (χ2n) is 8.42. The van der Waals surface area contributed by atoms with Gasteiger partial charge in [-0.1, -0.05) is 0 Å². The largest absolute Gasteiger partial charge is 0.497 e. The zero-order valence-corrected chi connectivity index (χ0v) is 15.5. The first-order chi connectivity index (χ1) is 13.0. The zero-order valence-electron chi connectivity index (χ0n) is 15.5. The quantitative estimate of drug-likeness (QED) is 0.756. The summed E-state index contributed by atoms with van der Waals surface area (Å²) in [7, 11) is 1.68. The average molecular weight is 370 g/mol. The third kappa shape index (κ3) is 2.65. The number of hydrogen-bond donors (Lipinski definition) is 3. The predicted octanol–water partition coefficient (Wildman–Crippen LogP) is 2.57. The molecule has 3 aliphatic rings. The molecule has 1 saturated carbocycles. The summed E-state index contributed by atoms with van der Waals surface area (Å²) in [6, 6.07) is 6.41. The van der Waals surface area contributed by atoms with Crippen molar-refractivity contribution in [1.29, 1.82) is 0 Å². The van der Waals surface area contributed by atoms with Crippen LogP contribution in [0.3, 0.4) is 0 Å². The van der Waals surface area contributed by atoms with E-state index in [-0.39, 0.29) is 17.9 Å². The average Bonchev–Trinajstić information content (AvgIpc) is 3.03. The Hall–Kier alpha value is -2.05. The number of carboxylic acids is 1. The van der Waals surface area contributed by atoms with Crippen LogP contribution in [0.25, 0.3) is 10.9 Å². The molecule has 3 heterocycles. The molecule has 0 radical (unpaired) electrons. The summed E-state index contributed by atoms with van der Waals surface area (Å²) < 4.78 is 5.36. The van der Waals surface area contributed by atoms with Gasteiger partial charge in [-0.05, 0) is 55.2 Å². The molecule has 27 heavy (non-hydrogen) atoms. The van der Waals surface area contributed by atoms with Crippen LogP contribution in [0.2, 0.25) is 0 Å². The normalized spacial score (nSPS) is 33.2. The minimum atomic E-state index is -0.755. The lowest BCUT2D eigenvalue weighted by Gasteiger charge is -2.50. The van der Waals surface area contributed by atoms with Crippen LogP contribution in [-0.2, 0) is 11.2 Å². The Kier molecular flexibility index (Phi) is 3.95. The standard InChI is InChI=1S/C21H26N2O4/c1-27-13-2-3-14-15-4-5-23-10-11-6-12(24)7-17(21(25)26)16(11)9-19(23)20(15)22-18(14)8-13/h2-3,8,11-12,16-17,19,22,24H,4-7,9-10H2,1H3,(H,25,26). The van der Waals surface area contributed by atoms with Gasteiger partial charge in [-0.25, -0.2) is 0 Å². The summed E-state index contributed by atoms with van der Waals surface area (Å²) >= 11 is 0. The molecule has 1 aromatic heterocycles. The fourth-order valence-corrected chi connectivity index (χ4v) is 5.84. The van der Waals surface area contributed by atoms with Crippen LogP contribution >= 0.6 is 0 Å². The first kappa shape index (κ1) is 17.1. The number of fused-ring (bicyclic) bond motifs is 6. The number of piperidine rings is 1. The molecule has 5 unspecified atom stereocenters. The lowest BCUT2D eigenvalue weighted by molar-refractivity contribution is -0.151. The van der Waals surface area contributed by atoms with Gasteiger partial charge in [-0.3, -0.25) is 9.69 Å². The van der Waals surface area contributed by atoms with Crippen LogP contribution in [0.4, 0.5) is 0 Å². The fourth-order valence-electron chi connectivity index (χ4n) is 5.84. The van der Waals surface area contributed by atoms with Crippen molar-refractivity contribution in [3.8, 4) is 5.75 Å². The molecule has 0 amide bonds. The number of nitrogens with zero attached hydrogens (tertiary/aromatic N) is 1. The minimum absolute atomic E-state index is 0.138. The van der Waals surface area contributed by atoms with E-state index in [1.165, 1.54) is 16.6 Å². The molecule has 2 fully saturated rings. The second kappa shape index (κ2) is 6.24. The molecular formula is C21H26N2O4. The van der Waals surface area contributed by atoms with Gasteiger partial charge in [0.15, 0.2) is 0 Å². The monoisotopic (exact) mass is 370 g/mol. The van der Waals surface area contributed by atoms with Crippen molar-refractivity contribution in [1.82, 2.24) is 9.88 Å². The Bertz CT molecular complexity index is 892. The van der Waals surface area contributed by atoms with Crippen molar-refractivity contribution in [3.63, 3.8) is 0 Å². The van der Waals surface area contributed by atoms with E-state index in [0.717, 1.165) is 43.6 Å². The molecule has 144 valence electrons. The van der Waals surface area contributed by atoms with E-state index in [0.29, 0.717) is 6.42 Å². The maximum atomic E-state index is 11.8. The number of methoxy groups -OCH3 is 1. The van der Waals surface area contributed by atoms with Crippen LogP contribution in [0.15, 0.2) is 18.2 Å². The molecular weight excluding hydrogens is 344 g/mol. The molecule has 5 atom stereocenters. The molecule has 1 aromatic carbocycles. The molecule has 0 spiro atoms.